The lowest BCUT2D eigenvalue weighted by atomic mass is 10.6. The third-order valence-electron chi connectivity index (χ3n) is 1.34. The van der Waals surface area contributed by atoms with Gasteiger partial charge in [-0.05, 0) is 19.1 Å². The number of carbonyl (C=O) groups is 1. The van der Waals surface area contributed by atoms with E-state index in [4.69, 9.17) is 22.8 Å². The van der Waals surface area contributed by atoms with Gasteiger partial charge in [-0.2, -0.15) is 5.10 Å². The molecule has 1 rings (SSSR count). The normalized spacial score (nSPS) is 9.92. The van der Waals surface area contributed by atoms with Crippen LogP contribution in [0.15, 0.2) is 6.33 Å². The minimum atomic E-state index is -0.377. The van der Waals surface area contributed by atoms with E-state index < -0.39 is 0 Å². The number of nitrogens with two attached hydrogens (primary N) is 1. The highest BCUT2D eigenvalue weighted by molar-refractivity contribution is 7.71. The second-order valence-corrected chi connectivity index (χ2v) is 2.65. The maximum absolute atomic E-state index is 11.0. The van der Waals surface area contributed by atoms with Gasteiger partial charge in [0.05, 0.1) is 6.61 Å². The SMILES string of the molecule is CCOC(=O)Cn1ncn(N)c1=S. The molecule has 0 bridgehead atoms. The number of hydrogen-bond donors (Lipinski definition) is 1. The van der Waals surface area contributed by atoms with Crippen LogP contribution in [0.2, 0.25) is 0 Å². The summed E-state index contributed by atoms with van der Waals surface area (Å²) in [4.78, 5) is 11.0. The fraction of sp³-hybridized carbons (Fsp3) is 0.500. The number of nitrogens with zero attached hydrogens (tertiary/aromatic N) is 3. The van der Waals surface area contributed by atoms with Crippen molar-refractivity contribution in [3.05, 3.63) is 11.1 Å². The van der Waals surface area contributed by atoms with Gasteiger partial charge in [-0.15, -0.1) is 0 Å². The quantitative estimate of drug-likeness (QED) is 0.413. The lowest BCUT2D eigenvalue weighted by molar-refractivity contribution is -0.144. The highest BCUT2D eigenvalue weighted by atomic mass is 32.1. The van der Waals surface area contributed by atoms with Crippen LogP contribution in [0.3, 0.4) is 0 Å². The summed E-state index contributed by atoms with van der Waals surface area (Å²) in [6, 6.07) is 0. The first-order valence-electron chi connectivity index (χ1n) is 3.70. The molecule has 0 amide bonds. The Hall–Kier alpha value is -1.37. The summed E-state index contributed by atoms with van der Waals surface area (Å²) in [6.07, 6.45) is 1.33. The molecular formula is C6H10N4O2S. The number of rotatable bonds is 3. The zero-order valence-corrected chi connectivity index (χ0v) is 7.95. The third kappa shape index (κ3) is 2.28. The molecule has 13 heavy (non-hydrogen) atoms. The summed E-state index contributed by atoms with van der Waals surface area (Å²) in [6.45, 7) is 2.07. The Bertz CT molecular complexity index is 356. The molecule has 0 fully saturated rings. The van der Waals surface area contributed by atoms with Gasteiger partial charge < -0.3 is 10.6 Å². The number of hydrogen-bond acceptors (Lipinski definition) is 5. The molecule has 6 nitrogen and oxygen atoms in total. The van der Waals surface area contributed by atoms with Crippen molar-refractivity contribution in [3.63, 3.8) is 0 Å². The Kier molecular flexibility index (Phi) is 3.02. The average molecular weight is 202 g/mol. The summed E-state index contributed by atoms with van der Waals surface area (Å²) < 4.78 is 7.46. The minimum absolute atomic E-state index is 0.00310. The van der Waals surface area contributed by atoms with Gasteiger partial charge in [-0.1, -0.05) is 0 Å². The fourth-order valence-electron chi connectivity index (χ4n) is 0.787. The van der Waals surface area contributed by atoms with Crippen molar-refractivity contribution in [2.24, 2.45) is 0 Å². The molecule has 0 aromatic carbocycles. The van der Waals surface area contributed by atoms with Gasteiger partial charge >= 0.3 is 5.97 Å². The topological polar surface area (TPSA) is 75.1 Å². The van der Waals surface area contributed by atoms with E-state index in [-0.39, 0.29) is 17.3 Å². The first-order valence-corrected chi connectivity index (χ1v) is 4.11. The van der Waals surface area contributed by atoms with Crippen molar-refractivity contribution in [1.29, 1.82) is 0 Å². The summed E-state index contributed by atoms with van der Waals surface area (Å²) in [5.74, 6) is 4.99. The van der Waals surface area contributed by atoms with E-state index >= 15 is 0 Å². The number of esters is 1. The summed E-state index contributed by atoms with van der Waals surface area (Å²) in [5, 5.41) is 3.79. The number of ether oxygens (including phenoxy) is 1. The molecule has 1 heterocycles. The molecule has 0 saturated heterocycles. The van der Waals surface area contributed by atoms with E-state index in [0.29, 0.717) is 6.61 Å². The number of aromatic nitrogens is 3. The van der Waals surface area contributed by atoms with Crippen LogP contribution in [0.5, 0.6) is 0 Å². The standard InChI is InChI=1S/C6H10N4O2S/c1-2-12-5(11)3-10-6(13)9(7)4-8-10/h4H,2-3,7H2,1H3. The molecule has 1 aromatic heterocycles. The molecule has 72 valence electrons. The monoisotopic (exact) mass is 202 g/mol. The summed E-state index contributed by atoms with van der Waals surface area (Å²) in [5.41, 5.74) is 0. The lowest BCUT2D eigenvalue weighted by Crippen LogP contribution is -2.16. The van der Waals surface area contributed by atoms with Crippen LogP contribution in [0.4, 0.5) is 0 Å². The molecule has 7 heteroatoms. The van der Waals surface area contributed by atoms with E-state index in [1.807, 2.05) is 0 Å². The molecule has 2 N–H and O–H groups in total. The Morgan fingerprint density at radius 2 is 2.54 bits per heavy atom. The molecule has 0 aliphatic heterocycles. The van der Waals surface area contributed by atoms with Crippen LogP contribution < -0.4 is 5.84 Å². The van der Waals surface area contributed by atoms with Crippen LogP contribution in [-0.4, -0.2) is 27.0 Å². The zero-order chi connectivity index (χ0) is 9.84. The third-order valence-corrected chi connectivity index (χ3v) is 1.76. The summed E-state index contributed by atoms with van der Waals surface area (Å²) in [7, 11) is 0. The Morgan fingerprint density at radius 3 is 3.00 bits per heavy atom. The zero-order valence-electron chi connectivity index (χ0n) is 7.14. The van der Waals surface area contributed by atoms with Gasteiger partial charge in [-0.3, -0.25) is 4.79 Å². The Labute approximate surface area is 79.9 Å². The summed E-state index contributed by atoms with van der Waals surface area (Å²) >= 11 is 4.86. The van der Waals surface area contributed by atoms with Crippen LogP contribution in [0.25, 0.3) is 0 Å². The molecule has 0 atom stereocenters. The average Bonchev–Trinajstić information content (AvgIpc) is 2.37. The van der Waals surface area contributed by atoms with E-state index in [9.17, 15) is 4.79 Å². The van der Waals surface area contributed by atoms with Crippen LogP contribution in [-0.2, 0) is 16.1 Å². The van der Waals surface area contributed by atoms with Crippen molar-refractivity contribution in [2.75, 3.05) is 12.4 Å². The van der Waals surface area contributed by atoms with Gasteiger partial charge in [0.1, 0.15) is 12.9 Å². The highest BCUT2D eigenvalue weighted by Crippen LogP contribution is 1.90. The Morgan fingerprint density at radius 1 is 1.85 bits per heavy atom. The largest absolute Gasteiger partial charge is 0.465 e. The fourth-order valence-corrected chi connectivity index (χ4v) is 0.946. The van der Waals surface area contributed by atoms with Crippen molar-refractivity contribution >= 4 is 18.2 Å². The van der Waals surface area contributed by atoms with Gasteiger partial charge in [0, 0.05) is 0 Å². The predicted octanol–water partition coefficient (Wildman–Crippen LogP) is -0.309. The van der Waals surface area contributed by atoms with Gasteiger partial charge in [0.2, 0.25) is 4.77 Å². The lowest BCUT2D eigenvalue weighted by Gasteiger charge is -2.00. The molecule has 0 unspecified atom stereocenters. The van der Waals surface area contributed by atoms with Gasteiger partial charge in [0.25, 0.3) is 0 Å². The second-order valence-electron chi connectivity index (χ2n) is 2.28. The highest BCUT2D eigenvalue weighted by Gasteiger charge is 2.05. The molecule has 0 radical (unpaired) electrons. The second kappa shape index (κ2) is 4.04. The van der Waals surface area contributed by atoms with Crippen molar-refractivity contribution in [2.45, 2.75) is 13.5 Å². The van der Waals surface area contributed by atoms with Crippen LogP contribution in [0, 0.1) is 4.77 Å². The van der Waals surface area contributed by atoms with Crippen LogP contribution >= 0.6 is 12.2 Å². The van der Waals surface area contributed by atoms with E-state index in [2.05, 4.69) is 5.10 Å². The predicted molar refractivity (Wildman–Crippen MR) is 47.8 cm³/mol. The van der Waals surface area contributed by atoms with Crippen molar-refractivity contribution < 1.29 is 9.53 Å². The van der Waals surface area contributed by atoms with Crippen molar-refractivity contribution in [3.8, 4) is 0 Å². The first-order chi connectivity index (χ1) is 6.15. The van der Waals surface area contributed by atoms with Crippen LogP contribution in [0.1, 0.15) is 6.92 Å². The molecule has 0 spiro atoms. The van der Waals surface area contributed by atoms with Gasteiger partial charge in [-0.25, -0.2) is 9.36 Å². The minimum Gasteiger partial charge on any atom is -0.465 e. The Balaban J connectivity index is 2.69. The molecular weight excluding hydrogens is 192 g/mol. The smallest absolute Gasteiger partial charge is 0.327 e. The molecule has 0 saturated carbocycles. The van der Waals surface area contributed by atoms with E-state index in [1.54, 1.807) is 6.92 Å². The maximum atomic E-state index is 11.0. The molecule has 0 aliphatic rings. The van der Waals surface area contributed by atoms with E-state index in [0.717, 1.165) is 4.68 Å². The number of carbonyl (C=O) groups excluding carboxylic acids is 1. The maximum Gasteiger partial charge on any atom is 0.327 e. The van der Waals surface area contributed by atoms with Crippen molar-refractivity contribution in [1.82, 2.24) is 14.5 Å². The number of nitrogen functional groups attached to an aromatic ring is 1. The van der Waals surface area contributed by atoms with E-state index in [1.165, 1.54) is 11.0 Å². The first kappa shape index (κ1) is 9.72. The molecule has 0 aliphatic carbocycles. The molecule has 1 aromatic rings. The van der Waals surface area contributed by atoms with Gasteiger partial charge in [0.15, 0.2) is 0 Å².